The molecule has 1 aromatic carbocycles. The molecule has 0 radical (unpaired) electrons. The van der Waals surface area contributed by atoms with Crippen molar-refractivity contribution in [3.63, 3.8) is 0 Å². The molecule has 1 aliphatic rings. The Morgan fingerprint density at radius 2 is 2.12 bits per heavy atom. The molecule has 2 rings (SSSR count). The van der Waals surface area contributed by atoms with Gasteiger partial charge in [-0.05, 0) is 49.8 Å². The van der Waals surface area contributed by atoms with Gasteiger partial charge >= 0.3 is 0 Å². The molecule has 1 N–H and O–H groups in total. The summed E-state index contributed by atoms with van der Waals surface area (Å²) >= 11 is 0. The molecular formula is C15H22O2. The van der Waals surface area contributed by atoms with Crippen LogP contribution < -0.4 is 0 Å². The van der Waals surface area contributed by atoms with Gasteiger partial charge in [-0.15, -0.1) is 0 Å². The first-order valence-corrected chi connectivity index (χ1v) is 6.52. The fourth-order valence-corrected chi connectivity index (χ4v) is 2.37. The average Bonchev–Trinajstić information content (AvgIpc) is 2.35. The number of aryl methyl sites for hydroxylation is 2. The molecule has 1 fully saturated rings. The number of hydrogen-bond donors (Lipinski definition) is 1. The van der Waals surface area contributed by atoms with Crippen LogP contribution >= 0.6 is 0 Å². The molecular weight excluding hydrogens is 212 g/mol. The zero-order valence-electron chi connectivity index (χ0n) is 10.8. The van der Waals surface area contributed by atoms with Crippen LogP contribution in [0.15, 0.2) is 18.2 Å². The number of hydrogen-bond acceptors (Lipinski definition) is 2. The smallest absolute Gasteiger partial charge is 0.0842 e. The Kier molecular flexibility index (Phi) is 4.19. The van der Waals surface area contributed by atoms with Crippen molar-refractivity contribution in [2.75, 3.05) is 6.61 Å². The number of aliphatic hydroxyl groups is 1. The average molecular weight is 234 g/mol. The van der Waals surface area contributed by atoms with Crippen LogP contribution in [0.2, 0.25) is 0 Å². The van der Waals surface area contributed by atoms with E-state index in [1.165, 1.54) is 23.1 Å². The Morgan fingerprint density at radius 1 is 1.29 bits per heavy atom. The minimum Gasteiger partial charge on any atom is -0.390 e. The van der Waals surface area contributed by atoms with E-state index in [1.807, 2.05) is 0 Å². The van der Waals surface area contributed by atoms with E-state index >= 15 is 0 Å². The number of aliphatic hydroxyl groups excluding tert-OH is 1. The van der Waals surface area contributed by atoms with Gasteiger partial charge in [-0.2, -0.15) is 0 Å². The highest BCUT2D eigenvalue weighted by atomic mass is 16.5. The molecule has 1 aromatic rings. The topological polar surface area (TPSA) is 29.5 Å². The van der Waals surface area contributed by atoms with Crippen LogP contribution in [-0.2, 0) is 11.2 Å². The molecule has 1 heterocycles. The maximum absolute atomic E-state index is 10.2. The number of benzene rings is 1. The highest BCUT2D eigenvalue weighted by Crippen LogP contribution is 2.19. The van der Waals surface area contributed by atoms with Crippen LogP contribution in [0.4, 0.5) is 0 Å². The number of ether oxygens (including phenoxy) is 1. The van der Waals surface area contributed by atoms with Crippen molar-refractivity contribution in [2.24, 2.45) is 0 Å². The van der Waals surface area contributed by atoms with Gasteiger partial charge in [0.2, 0.25) is 0 Å². The van der Waals surface area contributed by atoms with Crippen molar-refractivity contribution in [1.29, 1.82) is 0 Å². The summed E-state index contributed by atoms with van der Waals surface area (Å²) in [4.78, 5) is 0. The summed E-state index contributed by atoms with van der Waals surface area (Å²) in [6.07, 6.45) is 3.67. The molecule has 0 saturated carbocycles. The third-order valence-electron chi connectivity index (χ3n) is 3.66. The summed E-state index contributed by atoms with van der Waals surface area (Å²) in [6.45, 7) is 5.02. The Labute approximate surface area is 104 Å². The summed E-state index contributed by atoms with van der Waals surface area (Å²) < 4.78 is 5.62. The van der Waals surface area contributed by atoms with E-state index in [4.69, 9.17) is 4.74 Å². The normalized spacial score (nSPS) is 22.4. The minimum absolute atomic E-state index is 0.0327. The lowest BCUT2D eigenvalue weighted by Crippen LogP contribution is -2.33. The fourth-order valence-electron chi connectivity index (χ4n) is 2.37. The molecule has 2 heteroatoms. The molecule has 2 atom stereocenters. The second-order valence-corrected chi connectivity index (χ2v) is 5.10. The van der Waals surface area contributed by atoms with Gasteiger partial charge in [0.05, 0.1) is 12.2 Å². The summed E-state index contributed by atoms with van der Waals surface area (Å²) in [5, 5.41) is 10.2. The van der Waals surface area contributed by atoms with Crippen LogP contribution in [-0.4, -0.2) is 23.9 Å². The lowest BCUT2D eigenvalue weighted by atomic mass is 9.96. The predicted octanol–water partition coefficient (Wildman–Crippen LogP) is 2.78. The van der Waals surface area contributed by atoms with E-state index in [9.17, 15) is 5.11 Å². The molecule has 17 heavy (non-hydrogen) atoms. The largest absolute Gasteiger partial charge is 0.390 e. The molecule has 0 bridgehead atoms. The van der Waals surface area contributed by atoms with E-state index in [2.05, 4.69) is 32.0 Å². The van der Waals surface area contributed by atoms with Gasteiger partial charge in [0.1, 0.15) is 0 Å². The van der Waals surface area contributed by atoms with Crippen LogP contribution in [0, 0.1) is 13.8 Å². The van der Waals surface area contributed by atoms with Gasteiger partial charge in [-0.1, -0.05) is 18.2 Å². The number of rotatable bonds is 3. The van der Waals surface area contributed by atoms with Crippen LogP contribution in [0.25, 0.3) is 0 Å². The molecule has 0 aliphatic carbocycles. The van der Waals surface area contributed by atoms with E-state index in [0.29, 0.717) is 6.42 Å². The third-order valence-corrected chi connectivity index (χ3v) is 3.66. The van der Waals surface area contributed by atoms with E-state index < -0.39 is 0 Å². The molecule has 94 valence electrons. The quantitative estimate of drug-likeness (QED) is 0.871. The van der Waals surface area contributed by atoms with Gasteiger partial charge in [-0.25, -0.2) is 0 Å². The third kappa shape index (κ3) is 3.30. The molecule has 0 spiro atoms. The summed E-state index contributed by atoms with van der Waals surface area (Å²) in [7, 11) is 0. The lowest BCUT2D eigenvalue weighted by molar-refractivity contribution is -0.0611. The standard InChI is InChI=1S/C15H22O2/c1-11-6-7-13(9-12(11)2)10-14(16)15-5-3-4-8-17-15/h6-7,9,14-16H,3-5,8,10H2,1-2H3. The summed E-state index contributed by atoms with van der Waals surface area (Å²) in [5.74, 6) is 0. The van der Waals surface area contributed by atoms with Crippen molar-refractivity contribution in [3.05, 3.63) is 34.9 Å². The van der Waals surface area contributed by atoms with E-state index in [1.54, 1.807) is 0 Å². The first-order valence-electron chi connectivity index (χ1n) is 6.52. The van der Waals surface area contributed by atoms with Gasteiger partial charge in [0.15, 0.2) is 0 Å². The SMILES string of the molecule is Cc1ccc(CC(O)C2CCCCO2)cc1C. The van der Waals surface area contributed by atoms with Gasteiger partial charge in [0, 0.05) is 13.0 Å². The maximum Gasteiger partial charge on any atom is 0.0842 e. The molecule has 0 amide bonds. The van der Waals surface area contributed by atoms with Gasteiger partial charge in [0.25, 0.3) is 0 Å². The Morgan fingerprint density at radius 3 is 2.76 bits per heavy atom. The van der Waals surface area contributed by atoms with E-state index in [0.717, 1.165) is 19.4 Å². The fraction of sp³-hybridized carbons (Fsp3) is 0.600. The zero-order chi connectivity index (χ0) is 12.3. The van der Waals surface area contributed by atoms with Crippen molar-refractivity contribution in [2.45, 2.75) is 51.7 Å². The molecule has 2 nitrogen and oxygen atoms in total. The van der Waals surface area contributed by atoms with Crippen LogP contribution in [0.1, 0.15) is 36.0 Å². The molecule has 1 saturated heterocycles. The zero-order valence-corrected chi connectivity index (χ0v) is 10.8. The maximum atomic E-state index is 10.2. The minimum atomic E-state index is -0.364. The highest BCUT2D eigenvalue weighted by molar-refractivity contribution is 5.30. The Hall–Kier alpha value is -0.860. The second-order valence-electron chi connectivity index (χ2n) is 5.10. The molecule has 1 aliphatic heterocycles. The lowest BCUT2D eigenvalue weighted by Gasteiger charge is -2.27. The highest BCUT2D eigenvalue weighted by Gasteiger charge is 2.22. The van der Waals surface area contributed by atoms with Crippen molar-refractivity contribution >= 4 is 0 Å². The predicted molar refractivity (Wildman–Crippen MR) is 69.2 cm³/mol. The van der Waals surface area contributed by atoms with Crippen LogP contribution in [0.5, 0.6) is 0 Å². The first kappa shape index (κ1) is 12.6. The monoisotopic (exact) mass is 234 g/mol. The Balaban J connectivity index is 1.96. The van der Waals surface area contributed by atoms with Crippen molar-refractivity contribution < 1.29 is 9.84 Å². The van der Waals surface area contributed by atoms with Gasteiger partial charge < -0.3 is 9.84 Å². The summed E-state index contributed by atoms with van der Waals surface area (Å²) in [6, 6.07) is 6.40. The van der Waals surface area contributed by atoms with E-state index in [-0.39, 0.29) is 12.2 Å². The van der Waals surface area contributed by atoms with Crippen molar-refractivity contribution in [1.82, 2.24) is 0 Å². The van der Waals surface area contributed by atoms with Crippen molar-refractivity contribution in [3.8, 4) is 0 Å². The summed E-state index contributed by atoms with van der Waals surface area (Å²) in [5.41, 5.74) is 3.80. The first-order chi connectivity index (χ1) is 8.16. The van der Waals surface area contributed by atoms with Gasteiger partial charge in [-0.3, -0.25) is 0 Å². The Bertz CT molecular complexity index is 367. The second kappa shape index (κ2) is 5.65. The molecule has 2 unspecified atom stereocenters. The van der Waals surface area contributed by atoms with Crippen LogP contribution in [0.3, 0.4) is 0 Å². The molecule has 0 aromatic heterocycles.